The first kappa shape index (κ1) is 8.78. The molecule has 0 aliphatic rings. The molecule has 1 rings (SSSR count). The Bertz CT molecular complexity index is 415. The molecule has 0 heterocycles. The molecular formula is C9H8O2S. The Morgan fingerprint density at radius 1 is 1.25 bits per heavy atom. The standard InChI is InChI=1S/C9H8O2S/c1-8(7-12(10)11)9-5-3-2-4-6-9/h2-6H,1H3. The van der Waals surface area contributed by atoms with Crippen molar-refractivity contribution in [3.8, 4) is 0 Å². The van der Waals surface area contributed by atoms with E-state index in [9.17, 15) is 8.42 Å². The lowest BCUT2D eigenvalue weighted by molar-refractivity contribution is 0.627. The average molecular weight is 180 g/mol. The number of benzene rings is 1. The molecular weight excluding hydrogens is 172 g/mol. The first-order chi connectivity index (χ1) is 5.70. The van der Waals surface area contributed by atoms with Gasteiger partial charge in [0.25, 0.3) is 10.3 Å². The molecule has 3 heteroatoms. The van der Waals surface area contributed by atoms with Gasteiger partial charge in [-0.25, -0.2) is 0 Å². The number of hydrogen-bond acceptors (Lipinski definition) is 2. The van der Waals surface area contributed by atoms with Crippen molar-refractivity contribution in [3.05, 3.63) is 35.9 Å². The highest BCUT2D eigenvalue weighted by Gasteiger charge is 1.90. The molecule has 0 aromatic heterocycles. The third kappa shape index (κ3) is 2.38. The SMILES string of the molecule is CC(=C=S(=O)=O)c1ccccc1. The third-order valence-electron chi connectivity index (χ3n) is 1.44. The molecule has 62 valence electrons. The second-order valence-electron chi connectivity index (χ2n) is 2.33. The van der Waals surface area contributed by atoms with Crippen LogP contribution >= 0.6 is 0 Å². The first-order valence-electron chi connectivity index (χ1n) is 3.45. The molecule has 0 saturated carbocycles. The minimum atomic E-state index is -2.23. The van der Waals surface area contributed by atoms with Gasteiger partial charge in [0, 0.05) is 10.6 Å². The molecule has 0 saturated heterocycles. The Kier molecular flexibility index (Phi) is 2.86. The van der Waals surface area contributed by atoms with E-state index in [4.69, 9.17) is 0 Å². The van der Waals surface area contributed by atoms with E-state index in [2.05, 4.69) is 5.02 Å². The van der Waals surface area contributed by atoms with Gasteiger partial charge in [-0.2, -0.15) is 8.42 Å². The van der Waals surface area contributed by atoms with Crippen molar-refractivity contribution in [1.82, 2.24) is 0 Å². The van der Waals surface area contributed by atoms with Crippen molar-refractivity contribution in [3.63, 3.8) is 0 Å². The smallest absolute Gasteiger partial charge is 0.176 e. The van der Waals surface area contributed by atoms with Crippen LogP contribution in [0.1, 0.15) is 12.5 Å². The maximum atomic E-state index is 10.3. The van der Waals surface area contributed by atoms with E-state index in [1.54, 1.807) is 6.92 Å². The Balaban J connectivity index is 3.28. The largest absolute Gasteiger partial charge is 0.260 e. The zero-order chi connectivity index (χ0) is 8.97. The topological polar surface area (TPSA) is 34.1 Å². The fourth-order valence-electron chi connectivity index (χ4n) is 0.872. The summed E-state index contributed by atoms with van der Waals surface area (Å²) < 4.78 is 20.5. The van der Waals surface area contributed by atoms with E-state index in [1.165, 1.54) is 0 Å². The molecule has 0 unspecified atom stereocenters. The summed E-state index contributed by atoms with van der Waals surface area (Å²) in [5.74, 6) is 0. The highest BCUT2D eigenvalue weighted by molar-refractivity contribution is 7.71. The van der Waals surface area contributed by atoms with Crippen LogP contribution < -0.4 is 0 Å². The minimum absolute atomic E-state index is 0.629. The van der Waals surface area contributed by atoms with E-state index in [0.29, 0.717) is 5.57 Å². The summed E-state index contributed by atoms with van der Waals surface area (Å²) in [6.07, 6.45) is 0. The van der Waals surface area contributed by atoms with Crippen molar-refractivity contribution in [2.75, 3.05) is 0 Å². The predicted octanol–water partition coefficient (Wildman–Crippen LogP) is 1.37. The van der Waals surface area contributed by atoms with Gasteiger partial charge in [0.05, 0.1) is 0 Å². The fourth-order valence-corrected chi connectivity index (χ4v) is 1.24. The Morgan fingerprint density at radius 2 is 1.83 bits per heavy atom. The third-order valence-corrected chi connectivity index (χ3v) is 1.92. The molecule has 0 aliphatic heterocycles. The fraction of sp³-hybridized carbons (Fsp3) is 0.111. The van der Waals surface area contributed by atoms with Crippen LogP contribution in [0, 0.1) is 0 Å². The summed E-state index contributed by atoms with van der Waals surface area (Å²) >= 11 is 0. The van der Waals surface area contributed by atoms with E-state index in [-0.39, 0.29) is 0 Å². The minimum Gasteiger partial charge on any atom is -0.176 e. The second kappa shape index (κ2) is 3.90. The average Bonchev–Trinajstić information content (AvgIpc) is 2.05. The lowest BCUT2D eigenvalue weighted by Gasteiger charge is -1.93. The van der Waals surface area contributed by atoms with Gasteiger partial charge in [-0.05, 0) is 12.5 Å². The monoisotopic (exact) mass is 180 g/mol. The summed E-state index contributed by atoms with van der Waals surface area (Å²) in [6.45, 7) is 1.71. The summed E-state index contributed by atoms with van der Waals surface area (Å²) in [6, 6.07) is 9.28. The van der Waals surface area contributed by atoms with Crippen LogP contribution in [-0.4, -0.2) is 13.4 Å². The summed E-state index contributed by atoms with van der Waals surface area (Å²) in [4.78, 5) is 0. The Hall–Kier alpha value is -1.31. The van der Waals surface area contributed by atoms with Crippen LogP contribution in [0.3, 0.4) is 0 Å². The van der Waals surface area contributed by atoms with Crippen molar-refractivity contribution >= 4 is 20.9 Å². The summed E-state index contributed by atoms with van der Waals surface area (Å²) in [5, 5.41) is 2.29. The van der Waals surface area contributed by atoms with E-state index < -0.39 is 10.3 Å². The molecule has 0 radical (unpaired) electrons. The second-order valence-corrected chi connectivity index (χ2v) is 3.00. The highest BCUT2D eigenvalue weighted by Crippen LogP contribution is 2.08. The van der Waals surface area contributed by atoms with Gasteiger partial charge >= 0.3 is 0 Å². The van der Waals surface area contributed by atoms with Crippen LogP contribution in [-0.2, 0) is 10.3 Å². The van der Waals surface area contributed by atoms with Gasteiger partial charge in [0.15, 0.2) is 0 Å². The van der Waals surface area contributed by atoms with E-state index in [1.807, 2.05) is 30.3 Å². The predicted molar refractivity (Wildman–Crippen MR) is 49.4 cm³/mol. The van der Waals surface area contributed by atoms with Gasteiger partial charge in [-0.1, -0.05) is 30.3 Å². The molecule has 2 nitrogen and oxygen atoms in total. The van der Waals surface area contributed by atoms with Crippen LogP contribution in [0.4, 0.5) is 0 Å². The zero-order valence-corrected chi connectivity index (χ0v) is 7.43. The molecule has 0 bridgehead atoms. The van der Waals surface area contributed by atoms with Crippen LogP contribution in [0.2, 0.25) is 0 Å². The molecule has 0 spiro atoms. The van der Waals surface area contributed by atoms with Gasteiger partial charge in [0.2, 0.25) is 0 Å². The number of hydrogen-bond donors (Lipinski definition) is 0. The Morgan fingerprint density at radius 3 is 2.33 bits per heavy atom. The molecule has 0 fully saturated rings. The first-order valence-corrected chi connectivity index (χ1v) is 4.52. The van der Waals surface area contributed by atoms with Gasteiger partial charge in [0.1, 0.15) is 0 Å². The maximum absolute atomic E-state index is 10.3. The zero-order valence-electron chi connectivity index (χ0n) is 6.61. The van der Waals surface area contributed by atoms with Crippen molar-refractivity contribution < 1.29 is 8.42 Å². The van der Waals surface area contributed by atoms with Crippen molar-refractivity contribution in [1.29, 1.82) is 0 Å². The quantitative estimate of drug-likeness (QED) is 0.612. The molecule has 12 heavy (non-hydrogen) atoms. The molecule has 1 aromatic carbocycles. The van der Waals surface area contributed by atoms with Crippen LogP contribution in [0.25, 0.3) is 5.57 Å². The lowest BCUT2D eigenvalue weighted by atomic mass is 10.1. The lowest BCUT2D eigenvalue weighted by Crippen LogP contribution is -1.78. The molecule has 0 amide bonds. The van der Waals surface area contributed by atoms with Gasteiger partial charge in [-0.15, -0.1) is 0 Å². The van der Waals surface area contributed by atoms with Gasteiger partial charge < -0.3 is 0 Å². The van der Waals surface area contributed by atoms with Crippen LogP contribution in [0.15, 0.2) is 30.3 Å². The molecule has 0 aliphatic carbocycles. The molecule has 0 atom stereocenters. The highest BCUT2D eigenvalue weighted by atomic mass is 32.2. The number of allylic oxidation sites excluding steroid dienone is 1. The molecule has 0 N–H and O–H groups in total. The van der Waals surface area contributed by atoms with Crippen LogP contribution in [0.5, 0.6) is 0 Å². The van der Waals surface area contributed by atoms with E-state index in [0.717, 1.165) is 5.56 Å². The van der Waals surface area contributed by atoms with Crippen molar-refractivity contribution in [2.45, 2.75) is 6.92 Å². The summed E-state index contributed by atoms with van der Waals surface area (Å²) in [5.41, 5.74) is 1.51. The van der Waals surface area contributed by atoms with Gasteiger partial charge in [-0.3, -0.25) is 0 Å². The molecule has 1 aromatic rings. The summed E-state index contributed by atoms with van der Waals surface area (Å²) in [7, 11) is -2.23. The van der Waals surface area contributed by atoms with Crippen molar-refractivity contribution in [2.24, 2.45) is 0 Å². The van der Waals surface area contributed by atoms with E-state index >= 15 is 0 Å². The Labute approximate surface area is 72.7 Å². The normalized spacial score (nSPS) is 8.75. The number of rotatable bonds is 1. The maximum Gasteiger partial charge on any atom is 0.260 e.